The Hall–Kier alpha value is -2.97. The molecule has 8 heteroatoms. The zero-order valence-electron chi connectivity index (χ0n) is 19.2. The monoisotopic (exact) mass is 442 g/mol. The second-order valence-corrected chi connectivity index (χ2v) is 7.42. The minimum atomic E-state index is 0.616. The van der Waals surface area contributed by atoms with Gasteiger partial charge in [0.2, 0.25) is 0 Å². The van der Waals surface area contributed by atoms with E-state index in [-0.39, 0.29) is 0 Å². The lowest BCUT2D eigenvalue weighted by Crippen LogP contribution is -2.38. The molecule has 0 aliphatic carbocycles. The summed E-state index contributed by atoms with van der Waals surface area (Å²) in [4.78, 5) is 6.67. The number of guanidine groups is 1. The number of ether oxygens (including phenoxy) is 4. The summed E-state index contributed by atoms with van der Waals surface area (Å²) in [6, 6.07) is 14.0. The van der Waals surface area contributed by atoms with Gasteiger partial charge in [-0.05, 0) is 35.4 Å². The Bertz CT molecular complexity index is 869. The Kier molecular flexibility index (Phi) is 9.46. The second-order valence-electron chi connectivity index (χ2n) is 7.42. The lowest BCUT2D eigenvalue weighted by molar-refractivity contribution is 0.0322. The van der Waals surface area contributed by atoms with Gasteiger partial charge in [0.15, 0.2) is 17.5 Å². The van der Waals surface area contributed by atoms with E-state index >= 15 is 0 Å². The minimum absolute atomic E-state index is 0.616. The van der Waals surface area contributed by atoms with Crippen molar-refractivity contribution in [2.75, 3.05) is 60.7 Å². The lowest BCUT2D eigenvalue weighted by atomic mass is 10.2. The molecule has 1 fully saturated rings. The fourth-order valence-corrected chi connectivity index (χ4v) is 3.45. The average Bonchev–Trinajstić information content (AvgIpc) is 2.85. The highest BCUT2D eigenvalue weighted by Crippen LogP contribution is 2.27. The first-order chi connectivity index (χ1) is 15.7. The van der Waals surface area contributed by atoms with E-state index in [1.807, 2.05) is 30.3 Å². The summed E-state index contributed by atoms with van der Waals surface area (Å²) in [7, 11) is 5.02. The van der Waals surface area contributed by atoms with Crippen molar-refractivity contribution in [2.24, 2.45) is 4.99 Å². The van der Waals surface area contributed by atoms with Crippen LogP contribution in [0.15, 0.2) is 47.5 Å². The van der Waals surface area contributed by atoms with Crippen LogP contribution in [0, 0.1) is 0 Å². The molecule has 0 unspecified atom stereocenters. The molecule has 0 aromatic heterocycles. The highest BCUT2D eigenvalue weighted by atomic mass is 16.5. The van der Waals surface area contributed by atoms with Gasteiger partial charge >= 0.3 is 0 Å². The zero-order chi connectivity index (χ0) is 22.6. The molecule has 3 rings (SSSR count). The summed E-state index contributed by atoms with van der Waals surface area (Å²) in [5.41, 5.74) is 2.20. The first kappa shape index (κ1) is 23.7. The van der Waals surface area contributed by atoms with E-state index < -0.39 is 0 Å². The van der Waals surface area contributed by atoms with Gasteiger partial charge in [-0.2, -0.15) is 0 Å². The molecule has 1 aliphatic heterocycles. The lowest BCUT2D eigenvalue weighted by Gasteiger charge is -2.26. The van der Waals surface area contributed by atoms with Crippen molar-refractivity contribution in [3.8, 4) is 17.2 Å². The van der Waals surface area contributed by atoms with Crippen LogP contribution in [0.3, 0.4) is 0 Å². The number of benzene rings is 2. The first-order valence-electron chi connectivity index (χ1n) is 10.9. The third kappa shape index (κ3) is 7.32. The maximum absolute atomic E-state index is 5.95. The van der Waals surface area contributed by atoms with Crippen LogP contribution < -0.4 is 24.8 Å². The summed E-state index contributed by atoms with van der Waals surface area (Å²) in [5, 5.41) is 6.67. The molecule has 1 aliphatic rings. The molecule has 1 saturated heterocycles. The Morgan fingerprint density at radius 2 is 1.69 bits per heavy atom. The van der Waals surface area contributed by atoms with Gasteiger partial charge in [0.05, 0.1) is 27.4 Å². The van der Waals surface area contributed by atoms with E-state index in [0.29, 0.717) is 31.2 Å². The third-order valence-corrected chi connectivity index (χ3v) is 5.27. The van der Waals surface area contributed by atoms with Crippen molar-refractivity contribution in [2.45, 2.75) is 13.1 Å². The van der Waals surface area contributed by atoms with Gasteiger partial charge in [0, 0.05) is 39.8 Å². The summed E-state index contributed by atoms with van der Waals surface area (Å²) in [5.74, 6) is 3.02. The molecule has 0 spiro atoms. The maximum Gasteiger partial charge on any atom is 0.191 e. The minimum Gasteiger partial charge on any atom is -0.493 e. The molecule has 1 heterocycles. The van der Waals surface area contributed by atoms with Crippen molar-refractivity contribution >= 4 is 5.96 Å². The fourth-order valence-electron chi connectivity index (χ4n) is 3.45. The number of hydrogen-bond acceptors (Lipinski definition) is 6. The molecule has 2 aromatic rings. The summed E-state index contributed by atoms with van der Waals surface area (Å²) >= 11 is 0. The molecule has 0 amide bonds. The van der Waals surface area contributed by atoms with Gasteiger partial charge in [0.1, 0.15) is 12.4 Å². The molecule has 0 bridgehead atoms. The van der Waals surface area contributed by atoms with Crippen molar-refractivity contribution in [1.29, 1.82) is 0 Å². The number of nitrogens with zero attached hydrogens (tertiary/aromatic N) is 2. The van der Waals surface area contributed by atoms with Crippen LogP contribution in [-0.4, -0.2) is 71.6 Å². The smallest absolute Gasteiger partial charge is 0.191 e. The quantitative estimate of drug-likeness (QED) is 0.432. The third-order valence-electron chi connectivity index (χ3n) is 5.27. The SMILES string of the molecule is CN=C(NCc1cccc(OCCN2CCOCC2)c1)NCc1ccc(OC)c(OC)c1. The van der Waals surface area contributed by atoms with Crippen molar-refractivity contribution in [3.63, 3.8) is 0 Å². The Balaban J connectivity index is 1.44. The van der Waals surface area contributed by atoms with Crippen LogP contribution in [0.5, 0.6) is 17.2 Å². The molecule has 174 valence electrons. The van der Waals surface area contributed by atoms with E-state index in [2.05, 4.69) is 32.7 Å². The van der Waals surface area contributed by atoms with Crippen molar-refractivity contribution < 1.29 is 18.9 Å². The van der Waals surface area contributed by atoms with Crippen LogP contribution >= 0.6 is 0 Å². The highest BCUT2D eigenvalue weighted by Gasteiger charge is 2.10. The Morgan fingerprint density at radius 1 is 0.969 bits per heavy atom. The van der Waals surface area contributed by atoms with Crippen LogP contribution in [-0.2, 0) is 17.8 Å². The van der Waals surface area contributed by atoms with E-state index in [1.165, 1.54) is 0 Å². The van der Waals surface area contributed by atoms with Crippen molar-refractivity contribution in [1.82, 2.24) is 15.5 Å². The van der Waals surface area contributed by atoms with Gasteiger partial charge in [-0.25, -0.2) is 0 Å². The van der Waals surface area contributed by atoms with Gasteiger partial charge in [-0.15, -0.1) is 0 Å². The standard InChI is InChI=1S/C24H34N4O4/c1-25-24(27-18-20-7-8-22(29-2)23(16-20)30-3)26-17-19-5-4-6-21(15-19)32-14-11-28-9-12-31-13-10-28/h4-8,15-16H,9-14,17-18H2,1-3H3,(H2,25,26,27). The van der Waals surface area contributed by atoms with Crippen molar-refractivity contribution in [3.05, 3.63) is 53.6 Å². The van der Waals surface area contributed by atoms with Crippen LogP contribution in [0.1, 0.15) is 11.1 Å². The van der Waals surface area contributed by atoms with Gasteiger partial charge in [0.25, 0.3) is 0 Å². The number of morpholine rings is 1. The van der Waals surface area contributed by atoms with E-state index in [0.717, 1.165) is 55.7 Å². The number of hydrogen-bond donors (Lipinski definition) is 2. The topological polar surface area (TPSA) is 76.6 Å². The van der Waals surface area contributed by atoms with Gasteiger partial charge in [-0.1, -0.05) is 18.2 Å². The number of aliphatic imine (C=N–C) groups is 1. The van der Waals surface area contributed by atoms with E-state index in [4.69, 9.17) is 18.9 Å². The molecular weight excluding hydrogens is 408 g/mol. The van der Waals surface area contributed by atoms with Crippen LogP contribution in [0.4, 0.5) is 0 Å². The molecule has 2 aromatic carbocycles. The highest BCUT2D eigenvalue weighted by molar-refractivity contribution is 5.79. The van der Waals surface area contributed by atoms with Crippen LogP contribution in [0.2, 0.25) is 0 Å². The number of nitrogens with one attached hydrogen (secondary N) is 2. The number of methoxy groups -OCH3 is 2. The predicted octanol–water partition coefficient (Wildman–Crippen LogP) is 2.28. The molecule has 8 nitrogen and oxygen atoms in total. The van der Waals surface area contributed by atoms with Crippen LogP contribution in [0.25, 0.3) is 0 Å². The normalized spacial score (nSPS) is 14.7. The molecule has 0 atom stereocenters. The number of rotatable bonds is 10. The summed E-state index contributed by atoms with van der Waals surface area (Å²) < 4.78 is 22.0. The second kappa shape index (κ2) is 12.8. The summed E-state index contributed by atoms with van der Waals surface area (Å²) in [6.07, 6.45) is 0. The zero-order valence-corrected chi connectivity index (χ0v) is 19.2. The maximum atomic E-state index is 5.95. The molecule has 0 radical (unpaired) electrons. The average molecular weight is 443 g/mol. The van der Waals surface area contributed by atoms with Gasteiger partial charge in [-0.3, -0.25) is 9.89 Å². The molecule has 2 N–H and O–H groups in total. The predicted molar refractivity (Wildman–Crippen MR) is 126 cm³/mol. The molecule has 32 heavy (non-hydrogen) atoms. The van der Waals surface area contributed by atoms with E-state index in [1.54, 1.807) is 21.3 Å². The molecule has 0 saturated carbocycles. The first-order valence-corrected chi connectivity index (χ1v) is 10.9. The van der Waals surface area contributed by atoms with Gasteiger partial charge < -0.3 is 29.6 Å². The largest absolute Gasteiger partial charge is 0.493 e. The molecular formula is C24H34N4O4. The Morgan fingerprint density at radius 3 is 2.38 bits per heavy atom. The fraction of sp³-hybridized carbons (Fsp3) is 0.458. The van der Waals surface area contributed by atoms with E-state index in [9.17, 15) is 0 Å². The summed E-state index contributed by atoms with van der Waals surface area (Å²) in [6.45, 7) is 6.41. The Labute approximate surface area is 190 Å².